The number of halogens is 3. The van der Waals surface area contributed by atoms with Crippen molar-refractivity contribution in [3.63, 3.8) is 0 Å². The third-order valence-corrected chi connectivity index (χ3v) is 4.53. The number of epoxide rings is 1. The molecule has 2 aromatic rings. The van der Waals surface area contributed by atoms with Crippen LogP contribution in [0.5, 0.6) is 0 Å². The van der Waals surface area contributed by atoms with E-state index in [4.69, 9.17) is 26.1 Å². The van der Waals surface area contributed by atoms with Gasteiger partial charge in [-0.05, 0) is 12.1 Å². The summed E-state index contributed by atoms with van der Waals surface area (Å²) in [6, 6.07) is 9.86. The molecule has 2 unspecified atom stereocenters. The number of hydrazine groups is 1. The van der Waals surface area contributed by atoms with E-state index in [2.05, 4.69) is 10.1 Å². The number of rotatable bonds is 7. The van der Waals surface area contributed by atoms with Crippen LogP contribution in [-0.4, -0.2) is 16.3 Å². The molecule has 1 aliphatic heterocycles. The van der Waals surface area contributed by atoms with E-state index in [1.807, 2.05) is 5.59 Å². The Kier molecular flexibility index (Phi) is 5.43. The summed E-state index contributed by atoms with van der Waals surface area (Å²) in [5.74, 6) is -1.57. The number of ether oxygens (including phenoxy) is 1. The second kappa shape index (κ2) is 7.30. The molecule has 1 heterocycles. The summed E-state index contributed by atoms with van der Waals surface area (Å²) in [4.78, 5) is 17.3. The monoisotopic (exact) mass is 406 g/mol. The Morgan fingerprint density at radius 2 is 2.00 bits per heavy atom. The Balaban J connectivity index is 1.86. The molecule has 1 aliphatic rings. The fourth-order valence-electron chi connectivity index (χ4n) is 2.70. The zero-order chi connectivity index (χ0) is 18.9. The second-order valence-corrected chi connectivity index (χ2v) is 7.14. The normalized spacial score (nSPS) is 22.4. The van der Waals surface area contributed by atoms with Crippen molar-refractivity contribution in [3.05, 3.63) is 70.2 Å². The Labute approximate surface area is 152 Å². The van der Waals surface area contributed by atoms with E-state index in [0.29, 0.717) is 10.6 Å². The Morgan fingerprint density at radius 3 is 2.65 bits per heavy atom. The van der Waals surface area contributed by atoms with Crippen LogP contribution in [0.3, 0.4) is 0 Å². The number of nitrogens with one attached hydrogen (secondary N) is 2. The van der Waals surface area contributed by atoms with Gasteiger partial charge in [-0.15, -0.1) is 5.59 Å². The molecule has 2 atom stereocenters. The van der Waals surface area contributed by atoms with Crippen LogP contribution in [0.1, 0.15) is 17.2 Å². The number of phosphoric acid groups is 1. The molecule has 2 aromatic carbocycles. The van der Waals surface area contributed by atoms with Crippen molar-refractivity contribution in [2.45, 2.75) is 11.7 Å². The van der Waals surface area contributed by atoms with Gasteiger partial charge in [0.25, 0.3) is 0 Å². The molecule has 26 heavy (non-hydrogen) atoms. The van der Waals surface area contributed by atoms with E-state index >= 15 is 0 Å². The Hall–Kier alpha value is -1.42. The average molecular weight is 407 g/mol. The van der Waals surface area contributed by atoms with Crippen molar-refractivity contribution in [2.24, 2.45) is 0 Å². The fourth-order valence-corrected chi connectivity index (χ4v) is 3.12. The Bertz CT molecular complexity index is 868. The van der Waals surface area contributed by atoms with Crippen molar-refractivity contribution in [1.82, 2.24) is 11.0 Å². The lowest BCUT2D eigenvalue weighted by Crippen LogP contribution is -2.38. The van der Waals surface area contributed by atoms with Crippen LogP contribution in [0.15, 0.2) is 42.5 Å². The van der Waals surface area contributed by atoms with E-state index in [-0.39, 0.29) is 12.1 Å². The minimum atomic E-state index is -4.76. The highest BCUT2D eigenvalue weighted by molar-refractivity contribution is 7.46. The summed E-state index contributed by atoms with van der Waals surface area (Å²) < 4.78 is 48.0. The van der Waals surface area contributed by atoms with Gasteiger partial charge in [0.05, 0.1) is 0 Å². The molecule has 140 valence electrons. The SMILES string of the molecule is O=P(O)(O)ONNCC1(c2ccc(F)cc2F)OC1c1ccccc1Cl. The molecule has 0 saturated carbocycles. The van der Waals surface area contributed by atoms with Crippen molar-refractivity contribution < 1.29 is 32.5 Å². The third-order valence-electron chi connectivity index (χ3n) is 3.86. The molecule has 3 rings (SSSR count). The highest BCUT2D eigenvalue weighted by Crippen LogP contribution is 2.58. The fraction of sp³-hybridized carbons (Fsp3) is 0.200. The predicted molar refractivity (Wildman–Crippen MR) is 87.6 cm³/mol. The molecule has 0 aliphatic carbocycles. The first kappa shape index (κ1) is 19.3. The van der Waals surface area contributed by atoms with E-state index < -0.39 is 31.2 Å². The Morgan fingerprint density at radius 1 is 1.27 bits per heavy atom. The minimum Gasteiger partial charge on any atom is -0.354 e. The molecule has 0 amide bonds. The van der Waals surface area contributed by atoms with Gasteiger partial charge in [-0.2, -0.15) is 4.62 Å². The molecule has 4 N–H and O–H groups in total. The van der Waals surface area contributed by atoms with Gasteiger partial charge >= 0.3 is 7.82 Å². The first-order valence-corrected chi connectivity index (χ1v) is 9.23. The minimum absolute atomic E-state index is 0.0642. The maximum atomic E-state index is 14.3. The van der Waals surface area contributed by atoms with Gasteiger partial charge in [0.15, 0.2) is 0 Å². The highest BCUT2D eigenvalue weighted by Gasteiger charge is 2.60. The van der Waals surface area contributed by atoms with Crippen molar-refractivity contribution in [1.29, 1.82) is 0 Å². The summed E-state index contributed by atoms with van der Waals surface area (Å²) in [5, 5.41) is 0.404. The molecular weight excluding hydrogens is 393 g/mol. The summed E-state index contributed by atoms with van der Waals surface area (Å²) >= 11 is 6.16. The smallest absolute Gasteiger partial charge is 0.354 e. The average Bonchev–Trinajstić information content (AvgIpc) is 3.26. The molecule has 1 fully saturated rings. The number of benzene rings is 2. The molecule has 0 bridgehead atoms. The molecule has 0 spiro atoms. The first-order valence-electron chi connectivity index (χ1n) is 7.33. The quantitative estimate of drug-likeness (QED) is 0.242. The largest absolute Gasteiger partial charge is 0.487 e. The van der Waals surface area contributed by atoms with Gasteiger partial charge in [0.2, 0.25) is 0 Å². The molecule has 11 heteroatoms. The van der Waals surface area contributed by atoms with E-state index in [0.717, 1.165) is 12.1 Å². The van der Waals surface area contributed by atoms with Crippen molar-refractivity contribution >= 4 is 19.4 Å². The maximum absolute atomic E-state index is 14.3. The van der Waals surface area contributed by atoms with E-state index in [9.17, 15) is 13.3 Å². The number of hydrogen-bond donors (Lipinski definition) is 4. The van der Waals surface area contributed by atoms with Crippen LogP contribution in [0.2, 0.25) is 5.02 Å². The standard InChI is InChI=1S/C15H14ClF2N2O5P/c16-12-4-2-1-3-10(12)14-15(24-14,8-19-20-25-26(21,22)23)11-6-5-9(17)7-13(11)18/h1-7,14,19-20H,8H2,(H2,21,22,23). The molecular formula is C15H14ClF2N2O5P. The van der Waals surface area contributed by atoms with Gasteiger partial charge in [0, 0.05) is 28.8 Å². The summed E-state index contributed by atoms with van der Waals surface area (Å²) in [6.07, 6.45) is -0.652. The van der Waals surface area contributed by atoms with Crippen LogP contribution in [0.4, 0.5) is 8.78 Å². The van der Waals surface area contributed by atoms with Crippen molar-refractivity contribution in [2.75, 3.05) is 6.54 Å². The second-order valence-electron chi connectivity index (χ2n) is 5.57. The van der Waals surface area contributed by atoms with Gasteiger partial charge in [0.1, 0.15) is 23.3 Å². The number of hydrogen-bond acceptors (Lipinski definition) is 5. The topological polar surface area (TPSA) is 103 Å². The van der Waals surface area contributed by atoms with E-state index in [1.54, 1.807) is 24.3 Å². The van der Waals surface area contributed by atoms with Crippen LogP contribution < -0.4 is 11.0 Å². The molecule has 1 saturated heterocycles. The van der Waals surface area contributed by atoms with Gasteiger partial charge < -0.3 is 14.5 Å². The highest BCUT2D eigenvalue weighted by atomic mass is 35.5. The van der Waals surface area contributed by atoms with Gasteiger partial charge in [-0.3, -0.25) is 0 Å². The molecule has 0 aromatic heterocycles. The summed E-state index contributed by atoms with van der Waals surface area (Å²) in [7, 11) is -4.76. The molecule has 0 radical (unpaired) electrons. The maximum Gasteiger partial charge on any atom is 0.487 e. The van der Waals surface area contributed by atoms with E-state index in [1.165, 1.54) is 6.07 Å². The zero-order valence-electron chi connectivity index (χ0n) is 13.0. The lowest BCUT2D eigenvalue weighted by atomic mass is 9.91. The van der Waals surface area contributed by atoms with Gasteiger partial charge in [-0.25, -0.2) is 18.8 Å². The summed E-state index contributed by atoms with van der Waals surface area (Å²) in [6.45, 7) is -0.147. The molecule has 7 nitrogen and oxygen atoms in total. The van der Waals surface area contributed by atoms with Crippen LogP contribution in [0.25, 0.3) is 0 Å². The summed E-state index contributed by atoms with van der Waals surface area (Å²) in [5.41, 5.74) is 3.68. The van der Waals surface area contributed by atoms with Crippen LogP contribution in [-0.2, 0) is 19.5 Å². The lowest BCUT2D eigenvalue weighted by molar-refractivity contribution is 0.0861. The zero-order valence-corrected chi connectivity index (χ0v) is 14.7. The van der Waals surface area contributed by atoms with Crippen LogP contribution >= 0.6 is 19.4 Å². The third kappa shape index (κ3) is 4.11. The predicted octanol–water partition coefficient (Wildman–Crippen LogP) is 2.70. The van der Waals surface area contributed by atoms with Crippen LogP contribution in [0, 0.1) is 11.6 Å². The van der Waals surface area contributed by atoms with Gasteiger partial charge in [-0.1, -0.05) is 35.9 Å². The first-order chi connectivity index (χ1) is 12.2. The van der Waals surface area contributed by atoms with Crippen molar-refractivity contribution in [3.8, 4) is 0 Å². The lowest BCUT2D eigenvalue weighted by Gasteiger charge is -2.16.